The summed E-state index contributed by atoms with van der Waals surface area (Å²) in [7, 11) is 0. The molecule has 2 aliphatic heterocycles. The minimum atomic E-state index is -0.102. The molecule has 1 N–H and O–H groups in total. The molecule has 1 amide bonds. The minimum Gasteiger partial charge on any atom is -0.454 e. The maximum atomic E-state index is 12.8. The molecule has 1 aromatic heterocycles. The Morgan fingerprint density at radius 1 is 1.21 bits per heavy atom. The zero-order valence-electron chi connectivity index (χ0n) is 13.3. The molecular formula is C17H17N3O4. The van der Waals surface area contributed by atoms with Gasteiger partial charge in [0.05, 0.1) is 5.69 Å². The van der Waals surface area contributed by atoms with Crippen molar-refractivity contribution in [1.82, 2.24) is 14.9 Å². The van der Waals surface area contributed by atoms with Gasteiger partial charge in [-0.25, -0.2) is 4.98 Å². The van der Waals surface area contributed by atoms with Crippen molar-refractivity contribution in [3.8, 4) is 11.5 Å². The number of carbonyl (C=O) groups is 1. The molecule has 0 fully saturated rings. The number of nitrogens with zero attached hydrogens (tertiary/aromatic N) is 2. The van der Waals surface area contributed by atoms with Crippen molar-refractivity contribution in [2.75, 3.05) is 19.9 Å². The third-order valence-electron chi connectivity index (χ3n) is 4.38. The number of aryl methyl sites for hydroxylation is 1. The van der Waals surface area contributed by atoms with Crippen LogP contribution in [-0.4, -0.2) is 40.7 Å². The molecule has 4 rings (SSSR count). The number of H-pyrrole nitrogens is 1. The van der Waals surface area contributed by atoms with Crippen LogP contribution in [-0.2, 0) is 12.8 Å². The molecule has 1 aromatic carbocycles. The number of amides is 1. The van der Waals surface area contributed by atoms with E-state index in [0.29, 0.717) is 54.4 Å². The summed E-state index contributed by atoms with van der Waals surface area (Å²) in [6.07, 6.45) is 1.09. The zero-order chi connectivity index (χ0) is 16.7. The number of ether oxygens (including phenoxy) is 2. The van der Waals surface area contributed by atoms with Crippen LogP contribution in [0.25, 0.3) is 0 Å². The van der Waals surface area contributed by atoms with E-state index >= 15 is 0 Å². The van der Waals surface area contributed by atoms with Crippen LogP contribution < -0.4 is 15.0 Å². The molecule has 0 radical (unpaired) electrons. The van der Waals surface area contributed by atoms with Gasteiger partial charge in [-0.1, -0.05) is 0 Å². The lowest BCUT2D eigenvalue weighted by Gasteiger charge is -2.20. The largest absolute Gasteiger partial charge is 0.454 e. The number of hydrogen-bond acceptors (Lipinski definition) is 5. The SMILES string of the molecule is Cc1nc2c(c(=O)[nH]1)CCN(C(=O)c1ccc3c(c1)OCO3)CC2. The second kappa shape index (κ2) is 5.67. The van der Waals surface area contributed by atoms with Crippen LogP contribution >= 0.6 is 0 Å². The average Bonchev–Trinajstić information content (AvgIpc) is 2.93. The summed E-state index contributed by atoms with van der Waals surface area (Å²) in [4.78, 5) is 33.8. The van der Waals surface area contributed by atoms with E-state index in [-0.39, 0.29) is 18.3 Å². The lowest BCUT2D eigenvalue weighted by atomic mass is 10.1. The Kier molecular flexibility index (Phi) is 3.48. The van der Waals surface area contributed by atoms with Crippen molar-refractivity contribution < 1.29 is 14.3 Å². The van der Waals surface area contributed by atoms with Gasteiger partial charge in [0.25, 0.3) is 11.5 Å². The van der Waals surface area contributed by atoms with Gasteiger partial charge in [-0.2, -0.15) is 0 Å². The number of hydrogen-bond donors (Lipinski definition) is 1. The van der Waals surface area contributed by atoms with Gasteiger partial charge in [0.15, 0.2) is 11.5 Å². The quantitative estimate of drug-likeness (QED) is 0.846. The molecule has 0 saturated heterocycles. The van der Waals surface area contributed by atoms with Crippen LogP contribution in [0, 0.1) is 6.92 Å². The number of aromatic nitrogens is 2. The van der Waals surface area contributed by atoms with Gasteiger partial charge in [-0.3, -0.25) is 9.59 Å². The number of fused-ring (bicyclic) bond motifs is 2. The topological polar surface area (TPSA) is 84.5 Å². The molecule has 0 atom stereocenters. The molecule has 7 heteroatoms. The fraction of sp³-hybridized carbons (Fsp3) is 0.353. The van der Waals surface area contributed by atoms with Gasteiger partial charge in [-0.15, -0.1) is 0 Å². The van der Waals surface area contributed by atoms with E-state index in [1.54, 1.807) is 30.0 Å². The Hall–Kier alpha value is -2.83. The molecular weight excluding hydrogens is 310 g/mol. The summed E-state index contributed by atoms with van der Waals surface area (Å²) < 4.78 is 10.6. The monoisotopic (exact) mass is 327 g/mol. The van der Waals surface area contributed by atoms with Gasteiger partial charge in [-0.05, 0) is 31.5 Å². The standard InChI is InChI=1S/C17H17N3O4/c1-10-18-13-5-7-20(6-4-12(13)16(21)19-10)17(22)11-2-3-14-15(8-11)24-9-23-14/h2-3,8H,4-7,9H2,1H3,(H,18,19,21). The fourth-order valence-corrected chi connectivity index (χ4v) is 3.15. The van der Waals surface area contributed by atoms with Crippen molar-refractivity contribution in [2.24, 2.45) is 0 Å². The van der Waals surface area contributed by atoms with E-state index in [4.69, 9.17) is 9.47 Å². The van der Waals surface area contributed by atoms with Crippen LogP contribution in [0.3, 0.4) is 0 Å². The van der Waals surface area contributed by atoms with Crippen molar-refractivity contribution in [1.29, 1.82) is 0 Å². The van der Waals surface area contributed by atoms with E-state index < -0.39 is 0 Å². The summed E-state index contributed by atoms with van der Waals surface area (Å²) in [6.45, 7) is 2.98. The maximum Gasteiger partial charge on any atom is 0.254 e. The minimum absolute atomic E-state index is 0.0748. The summed E-state index contributed by atoms with van der Waals surface area (Å²) in [5, 5.41) is 0. The predicted molar refractivity (Wildman–Crippen MR) is 85.5 cm³/mol. The zero-order valence-corrected chi connectivity index (χ0v) is 13.3. The molecule has 0 spiro atoms. The Balaban J connectivity index is 1.57. The Morgan fingerprint density at radius 3 is 2.88 bits per heavy atom. The summed E-state index contributed by atoms with van der Waals surface area (Å²) in [5.74, 6) is 1.78. The molecule has 2 aliphatic rings. The van der Waals surface area contributed by atoms with E-state index in [1.807, 2.05) is 0 Å². The number of benzene rings is 1. The molecule has 0 unspecified atom stereocenters. The third-order valence-corrected chi connectivity index (χ3v) is 4.38. The van der Waals surface area contributed by atoms with E-state index in [2.05, 4.69) is 9.97 Å². The number of aromatic amines is 1. The molecule has 124 valence electrons. The number of rotatable bonds is 1. The van der Waals surface area contributed by atoms with Crippen molar-refractivity contribution >= 4 is 5.91 Å². The van der Waals surface area contributed by atoms with Gasteiger partial charge in [0, 0.05) is 30.6 Å². The van der Waals surface area contributed by atoms with Crippen LogP contribution in [0.2, 0.25) is 0 Å². The van der Waals surface area contributed by atoms with Crippen LogP contribution in [0.15, 0.2) is 23.0 Å². The van der Waals surface area contributed by atoms with E-state index in [9.17, 15) is 9.59 Å². The molecule has 7 nitrogen and oxygen atoms in total. The second-order valence-corrected chi connectivity index (χ2v) is 5.94. The first-order valence-electron chi connectivity index (χ1n) is 7.89. The summed E-state index contributed by atoms with van der Waals surface area (Å²) in [6, 6.07) is 5.19. The van der Waals surface area contributed by atoms with Gasteiger partial charge >= 0.3 is 0 Å². The Morgan fingerprint density at radius 2 is 2.00 bits per heavy atom. The van der Waals surface area contributed by atoms with Gasteiger partial charge in [0.1, 0.15) is 5.82 Å². The highest BCUT2D eigenvalue weighted by Crippen LogP contribution is 2.32. The fourth-order valence-electron chi connectivity index (χ4n) is 3.15. The maximum absolute atomic E-state index is 12.8. The van der Waals surface area contributed by atoms with Crippen LogP contribution in [0.5, 0.6) is 11.5 Å². The Bertz CT molecular complexity index is 875. The average molecular weight is 327 g/mol. The first kappa shape index (κ1) is 14.7. The molecule has 24 heavy (non-hydrogen) atoms. The van der Waals surface area contributed by atoms with Crippen LogP contribution in [0.4, 0.5) is 0 Å². The molecule has 0 aliphatic carbocycles. The normalized spacial score (nSPS) is 15.8. The first-order valence-corrected chi connectivity index (χ1v) is 7.89. The molecule has 0 bridgehead atoms. The van der Waals surface area contributed by atoms with Crippen molar-refractivity contribution in [3.05, 3.63) is 51.2 Å². The van der Waals surface area contributed by atoms with Gasteiger partial charge < -0.3 is 19.4 Å². The molecule has 3 heterocycles. The van der Waals surface area contributed by atoms with E-state index in [1.165, 1.54) is 0 Å². The lowest BCUT2D eigenvalue weighted by Crippen LogP contribution is -2.33. The summed E-state index contributed by atoms with van der Waals surface area (Å²) >= 11 is 0. The van der Waals surface area contributed by atoms with Crippen LogP contribution in [0.1, 0.15) is 27.4 Å². The number of nitrogens with one attached hydrogen (secondary N) is 1. The molecule has 0 saturated carbocycles. The Labute approximate surface area is 138 Å². The molecule has 2 aromatic rings. The second-order valence-electron chi connectivity index (χ2n) is 5.94. The lowest BCUT2D eigenvalue weighted by molar-refractivity contribution is 0.0762. The first-order chi connectivity index (χ1) is 11.6. The highest BCUT2D eigenvalue weighted by atomic mass is 16.7. The summed E-state index contributed by atoms with van der Waals surface area (Å²) in [5.41, 5.74) is 1.93. The smallest absolute Gasteiger partial charge is 0.254 e. The van der Waals surface area contributed by atoms with Crippen molar-refractivity contribution in [3.63, 3.8) is 0 Å². The number of carbonyl (C=O) groups excluding carboxylic acids is 1. The highest BCUT2D eigenvalue weighted by molar-refractivity contribution is 5.95. The third kappa shape index (κ3) is 2.51. The van der Waals surface area contributed by atoms with E-state index in [0.717, 1.165) is 5.69 Å². The van der Waals surface area contributed by atoms with Gasteiger partial charge in [0.2, 0.25) is 6.79 Å². The highest BCUT2D eigenvalue weighted by Gasteiger charge is 2.24. The predicted octanol–water partition coefficient (Wildman–Crippen LogP) is 1.05. The van der Waals surface area contributed by atoms with Crippen molar-refractivity contribution in [2.45, 2.75) is 19.8 Å².